The van der Waals surface area contributed by atoms with Crippen LogP contribution in [0.5, 0.6) is 0 Å². The van der Waals surface area contributed by atoms with Crippen molar-refractivity contribution in [3.63, 3.8) is 0 Å². The zero-order valence-corrected chi connectivity index (χ0v) is 40.5. The first-order chi connectivity index (χ1) is 31.5. The van der Waals surface area contributed by atoms with Gasteiger partial charge in [-0.2, -0.15) is 0 Å². The van der Waals surface area contributed by atoms with Crippen molar-refractivity contribution >= 4 is 17.9 Å². The van der Waals surface area contributed by atoms with E-state index in [0.717, 1.165) is 103 Å². The van der Waals surface area contributed by atoms with Crippen LogP contribution in [-0.4, -0.2) is 37.2 Å². The molecule has 0 saturated heterocycles. The molecule has 0 N–H and O–H groups in total. The lowest BCUT2D eigenvalue weighted by Gasteiger charge is -2.18. The molecule has 1 unspecified atom stereocenters. The van der Waals surface area contributed by atoms with Gasteiger partial charge in [0.1, 0.15) is 13.2 Å². The van der Waals surface area contributed by atoms with Gasteiger partial charge in [0.2, 0.25) is 0 Å². The van der Waals surface area contributed by atoms with Gasteiger partial charge in [0.15, 0.2) is 6.10 Å². The van der Waals surface area contributed by atoms with Gasteiger partial charge in [-0.1, -0.05) is 192 Å². The highest BCUT2D eigenvalue weighted by Crippen LogP contribution is 2.10. The van der Waals surface area contributed by atoms with E-state index in [1.807, 2.05) is 36.5 Å². The highest BCUT2D eigenvalue weighted by molar-refractivity contribution is 5.71. The quantitative estimate of drug-likeness (QED) is 0.0200. The minimum atomic E-state index is -0.839. The Balaban J connectivity index is 4.63. The normalized spacial score (nSPS) is 13.4. The number of carbonyl (C=O) groups is 3. The number of rotatable bonds is 42. The molecule has 0 aliphatic heterocycles. The van der Waals surface area contributed by atoms with Gasteiger partial charge in [0, 0.05) is 19.3 Å². The monoisotopic (exact) mass is 881 g/mol. The average Bonchev–Trinajstić information content (AvgIpc) is 3.29. The lowest BCUT2D eigenvalue weighted by atomic mass is 10.1. The van der Waals surface area contributed by atoms with Crippen LogP contribution in [-0.2, 0) is 28.6 Å². The van der Waals surface area contributed by atoms with E-state index in [-0.39, 0.29) is 50.4 Å². The van der Waals surface area contributed by atoms with Crippen molar-refractivity contribution in [1.29, 1.82) is 0 Å². The van der Waals surface area contributed by atoms with Crippen LogP contribution in [0.3, 0.4) is 0 Å². The zero-order valence-electron chi connectivity index (χ0n) is 40.5. The van der Waals surface area contributed by atoms with Gasteiger partial charge >= 0.3 is 17.9 Å². The molecule has 0 aliphatic rings. The molecule has 1 atom stereocenters. The summed E-state index contributed by atoms with van der Waals surface area (Å²) < 4.78 is 16.7. The van der Waals surface area contributed by atoms with E-state index in [1.54, 1.807) is 0 Å². The van der Waals surface area contributed by atoms with Crippen LogP contribution in [0, 0.1) is 0 Å². The summed E-state index contributed by atoms with van der Waals surface area (Å²) in [5.41, 5.74) is 0. The van der Waals surface area contributed by atoms with E-state index in [0.29, 0.717) is 12.8 Å². The molecule has 0 heterocycles. The van der Waals surface area contributed by atoms with Crippen LogP contribution in [0.4, 0.5) is 0 Å². The Bertz CT molecular complexity index is 1480. The van der Waals surface area contributed by atoms with E-state index in [4.69, 9.17) is 14.2 Å². The van der Waals surface area contributed by atoms with Crippen LogP contribution in [0.15, 0.2) is 146 Å². The van der Waals surface area contributed by atoms with E-state index in [9.17, 15) is 14.4 Å². The Morgan fingerprint density at radius 1 is 0.344 bits per heavy atom. The van der Waals surface area contributed by atoms with Crippen LogP contribution >= 0.6 is 0 Å². The standard InChI is InChI=1S/C58H88O6/c1-4-7-10-13-16-19-22-25-27-29-31-33-36-39-42-45-48-51-57(60)63-54-55(53-62-56(59)50-47-44-41-38-35-32-24-21-18-15-12-9-6-3)64-58(61)52-49-46-43-40-37-34-30-28-26-23-20-17-14-11-8-5-2/h8-9,11-12,15-21,24-28,31-35,37,39,42,55H,4-7,10,13-14,22-23,29-30,36,38,40-41,43-54H2,1-3H3/b11-8+,12-9+,18-15+,19-16+,20-17+,24-21+,27-25+,28-26+,33-31+,35-32+,37-34+,42-39+. The van der Waals surface area contributed by atoms with Crippen LogP contribution in [0.25, 0.3) is 0 Å². The predicted octanol–water partition coefficient (Wildman–Crippen LogP) is 16.5. The third kappa shape index (κ3) is 48.3. The Morgan fingerprint density at radius 3 is 1.17 bits per heavy atom. The van der Waals surface area contributed by atoms with E-state index < -0.39 is 6.10 Å². The average molecular weight is 881 g/mol. The number of allylic oxidation sites excluding steroid dienone is 24. The molecule has 0 amide bonds. The summed E-state index contributed by atoms with van der Waals surface area (Å²) in [7, 11) is 0. The lowest BCUT2D eigenvalue weighted by Crippen LogP contribution is -2.30. The van der Waals surface area contributed by atoms with Crippen molar-refractivity contribution in [3.8, 4) is 0 Å². The molecule has 0 bridgehead atoms. The second-order valence-corrected chi connectivity index (χ2v) is 15.7. The van der Waals surface area contributed by atoms with Crippen molar-refractivity contribution in [2.45, 2.75) is 187 Å². The summed E-state index contributed by atoms with van der Waals surface area (Å²) in [6, 6.07) is 0. The second kappa shape index (κ2) is 50.9. The smallest absolute Gasteiger partial charge is 0.306 e. The van der Waals surface area contributed by atoms with Gasteiger partial charge in [-0.25, -0.2) is 0 Å². The molecule has 0 aromatic heterocycles. The van der Waals surface area contributed by atoms with Gasteiger partial charge in [-0.15, -0.1) is 0 Å². The fourth-order valence-electron chi connectivity index (χ4n) is 5.96. The molecule has 0 saturated carbocycles. The summed E-state index contributed by atoms with van der Waals surface area (Å²) in [6.07, 6.45) is 72.6. The summed E-state index contributed by atoms with van der Waals surface area (Å²) in [4.78, 5) is 37.9. The van der Waals surface area contributed by atoms with Crippen molar-refractivity contribution in [2.24, 2.45) is 0 Å². The summed E-state index contributed by atoms with van der Waals surface area (Å²) in [5, 5.41) is 0. The molecule has 0 rings (SSSR count). The first-order valence-corrected chi connectivity index (χ1v) is 24.9. The molecule has 64 heavy (non-hydrogen) atoms. The highest BCUT2D eigenvalue weighted by Gasteiger charge is 2.19. The third-order valence-electron chi connectivity index (χ3n) is 9.65. The molecule has 6 heteroatoms. The second-order valence-electron chi connectivity index (χ2n) is 15.7. The molecule has 0 aromatic carbocycles. The molecule has 6 nitrogen and oxygen atoms in total. The summed E-state index contributed by atoms with van der Waals surface area (Å²) >= 11 is 0. The SMILES string of the molecule is CC/C=C/C=C/C=C/C=C/CCCCCC(=O)OCC(COC(=O)CCC/C=C/C/C=C/C/C=C/C/C=C/CCCCC)OC(=O)CCCCC/C=C/C/C=C/C/C=C/C/C=C/CC. The van der Waals surface area contributed by atoms with E-state index >= 15 is 0 Å². The van der Waals surface area contributed by atoms with Crippen molar-refractivity contribution in [1.82, 2.24) is 0 Å². The van der Waals surface area contributed by atoms with Crippen LogP contribution < -0.4 is 0 Å². The van der Waals surface area contributed by atoms with Gasteiger partial charge in [0.05, 0.1) is 0 Å². The molecule has 0 fully saturated rings. The number of unbranched alkanes of at least 4 members (excludes halogenated alkanes) is 10. The summed E-state index contributed by atoms with van der Waals surface area (Å²) in [5.74, 6) is -1.07. The van der Waals surface area contributed by atoms with Crippen molar-refractivity contribution in [2.75, 3.05) is 13.2 Å². The topological polar surface area (TPSA) is 78.9 Å². The Morgan fingerprint density at radius 2 is 0.703 bits per heavy atom. The molecular formula is C58H88O6. The zero-order chi connectivity index (χ0) is 46.5. The van der Waals surface area contributed by atoms with E-state index in [2.05, 4.69) is 130 Å². The number of hydrogen-bond acceptors (Lipinski definition) is 6. The maximum Gasteiger partial charge on any atom is 0.306 e. The third-order valence-corrected chi connectivity index (χ3v) is 9.65. The Kier molecular flexibility index (Phi) is 47.2. The Hall–Kier alpha value is -4.71. The maximum absolute atomic E-state index is 12.8. The van der Waals surface area contributed by atoms with E-state index in [1.165, 1.54) is 25.7 Å². The molecule has 0 aliphatic carbocycles. The summed E-state index contributed by atoms with van der Waals surface area (Å²) in [6.45, 7) is 6.21. The maximum atomic E-state index is 12.8. The first kappa shape index (κ1) is 59.3. The lowest BCUT2D eigenvalue weighted by molar-refractivity contribution is -0.167. The minimum Gasteiger partial charge on any atom is -0.462 e. The fourth-order valence-corrected chi connectivity index (χ4v) is 5.96. The minimum absolute atomic E-state index is 0.135. The molecule has 0 aromatic rings. The van der Waals surface area contributed by atoms with Gasteiger partial charge in [-0.05, 0) is 116 Å². The van der Waals surface area contributed by atoms with Crippen LogP contribution in [0.1, 0.15) is 181 Å². The largest absolute Gasteiger partial charge is 0.462 e. The number of carbonyl (C=O) groups excluding carboxylic acids is 3. The Labute approximate surface area is 391 Å². The van der Waals surface area contributed by atoms with Gasteiger partial charge in [0.25, 0.3) is 0 Å². The van der Waals surface area contributed by atoms with Crippen molar-refractivity contribution in [3.05, 3.63) is 146 Å². The number of ether oxygens (including phenoxy) is 3. The number of hydrogen-bond donors (Lipinski definition) is 0. The highest BCUT2D eigenvalue weighted by atomic mass is 16.6. The molecular weight excluding hydrogens is 793 g/mol. The van der Waals surface area contributed by atoms with Crippen LogP contribution in [0.2, 0.25) is 0 Å². The molecule has 356 valence electrons. The number of esters is 3. The van der Waals surface area contributed by atoms with Gasteiger partial charge < -0.3 is 14.2 Å². The first-order valence-electron chi connectivity index (χ1n) is 24.9. The van der Waals surface area contributed by atoms with Gasteiger partial charge in [-0.3, -0.25) is 14.4 Å². The predicted molar refractivity (Wildman–Crippen MR) is 274 cm³/mol. The van der Waals surface area contributed by atoms with Crippen molar-refractivity contribution < 1.29 is 28.6 Å². The fraction of sp³-hybridized carbons (Fsp3) is 0.534. The molecule has 0 radical (unpaired) electrons. The molecule has 0 spiro atoms.